The van der Waals surface area contributed by atoms with Gasteiger partial charge < -0.3 is 11.1 Å². The van der Waals surface area contributed by atoms with E-state index in [2.05, 4.69) is 15.4 Å². The van der Waals surface area contributed by atoms with Crippen LogP contribution in [0.2, 0.25) is 0 Å². The van der Waals surface area contributed by atoms with E-state index >= 15 is 0 Å². The van der Waals surface area contributed by atoms with Crippen molar-refractivity contribution in [3.8, 4) is 0 Å². The summed E-state index contributed by atoms with van der Waals surface area (Å²) in [7, 11) is 0. The fourth-order valence-electron chi connectivity index (χ4n) is 1.63. The second-order valence-electron chi connectivity index (χ2n) is 3.96. The minimum atomic E-state index is -0.220. The molecule has 0 unspecified atom stereocenters. The summed E-state index contributed by atoms with van der Waals surface area (Å²) in [5.74, 6) is 0.118. The first-order chi connectivity index (χ1) is 8.58. The second kappa shape index (κ2) is 4.87. The molecule has 0 spiro atoms. The van der Waals surface area contributed by atoms with Crippen molar-refractivity contribution in [3.63, 3.8) is 0 Å². The molecule has 3 N–H and O–H groups in total. The minimum absolute atomic E-state index is 0.220. The van der Waals surface area contributed by atoms with Crippen LogP contribution in [0.3, 0.4) is 0 Å². The number of nitrogens with two attached hydrogens (primary N) is 1. The highest BCUT2D eigenvalue weighted by Crippen LogP contribution is 2.11. The van der Waals surface area contributed by atoms with E-state index in [9.17, 15) is 4.79 Å². The highest BCUT2D eigenvalue weighted by atomic mass is 16.1. The molecular formula is C12H15N5O. The molecule has 0 aromatic carbocycles. The van der Waals surface area contributed by atoms with Crippen LogP contribution in [-0.2, 0) is 6.54 Å². The van der Waals surface area contributed by atoms with Crippen LogP contribution >= 0.6 is 0 Å². The third kappa shape index (κ3) is 2.65. The standard InChI is InChI=1S/C12H15N5O/c1-3-17-7-10(6-14-17)16-12(18)9-4-8(2)15-11(13)5-9/h4-7H,3H2,1-2H3,(H2,13,15)(H,16,18). The summed E-state index contributed by atoms with van der Waals surface area (Å²) in [6, 6.07) is 3.24. The normalized spacial score (nSPS) is 10.3. The molecule has 0 fully saturated rings. The van der Waals surface area contributed by atoms with Crippen molar-refractivity contribution in [3.05, 3.63) is 35.8 Å². The molecule has 0 aliphatic carbocycles. The van der Waals surface area contributed by atoms with Crippen LogP contribution in [0.1, 0.15) is 23.0 Å². The van der Waals surface area contributed by atoms with Gasteiger partial charge in [0.05, 0.1) is 11.9 Å². The molecule has 0 atom stereocenters. The summed E-state index contributed by atoms with van der Waals surface area (Å²) in [6.07, 6.45) is 3.38. The van der Waals surface area contributed by atoms with E-state index in [0.29, 0.717) is 22.8 Å². The number of carbonyl (C=O) groups excluding carboxylic acids is 1. The van der Waals surface area contributed by atoms with Crippen LogP contribution in [0.15, 0.2) is 24.5 Å². The summed E-state index contributed by atoms with van der Waals surface area (Å²) < 4.78 is 1.74. The van der Waals surface area contributed by atoms with Gasteiger partial charge in [0, 0.05) is 24.0 Å². The zero-order valence-electron chi connectivity index (χ0n) is 10.3. The van der Waals surface area contributed by atoms with E-state index < -0.39 is 0 Å². The summed E-state index contributed by atoms with van der Waals surface area (Å²) in [6.45, 7) is 4.53. The van der Waals surface area contributed by atoms with E-state index in [1.807, 2.05) is 6.92 Å². The lowest BCUT2D eigenvalue weighted by atomic mass is 10.2. The Labute approximate surface area is 105 Å². The number of anilines is 2. The largest absolute Gasteiger partial charge is 0.384 e. The van der Waals surface area contributed by atoms with Gasteiger partial charge in [-0.3, -0.25) is 9.48 Å². The summed E-state index contributed by atoms with van der Waals surface area (Å²) in [5.41, 5.74) is 7.47. The Morgan fingerprint density at radius 2 is 2.28 bits per heavy atom. The van der Waals surface area contributed by atoms with Crippen LogP contribution in [0, 0.1) is 6.92 Å². The lowest BCUT2D eigenvalue weighted by Crippen LogP contribution is -2.12. The van der Waals surface area contributed by atoms with Crippen molar-refractivity contribution in [1.82, 2.24) is 14.8 Å². The van der Waals surface area contributed by atoms with Crippen LogP contribution in [0.4, 0.5) is 11.5 Å². The second-order valence-corrected chi connectivity index (χ2v) is 3.96. The lowest BCUT2D eigenvalue weighted by Gasteiger charge is -2.04. The number of carbonyl (C=O) groups is 1. The molecular weight excluding hydrogens is 230 g/mol. The van der Waals surface area contributed by atoms with Crippen LogP contribution in [0.25, 0.3) is 0 Å². The molecule has 0 bridgehead atoms. The molecule has 0 saturated carbocycles. The fraction of sp³-hybridized carbons (Fsp3) is 0.250. The van der Waals surface area contributed by atoms with Gasteiger partial charge in [0.2, 0.25) is 0 Å². The average molecular weight is 245 g/mol. The Balaban J connectivity index is 2.16. The lowest BCUT2D eigenvalue weighted by molar-refractivity contribution is 0.102. The monoisotopic (exact) mass is 245 g/mol. The van der Waals surface area contributed by atoms with Gasteiger partial charge in [0.25, 0.3) is 5.91 Å². The van der Waals surface area contributed by atoms with Crippen LogP contribution in [0.5, 0.6) is 0 Å². The van der Waals surface area contributed by atoms with E-state index in [1.165, 1.54) is 0 Å². The SMILES string of the molecule is CCn1cc(NC(=O)c2cc(C)nc(N)c2)cn1. The van der Waals surface area contributed by atoms with Crippen molar-refractivity contribution >= 4 is 17.4 Å². The van der Waals surface area contributed by atoms with Crippen molar-refractivity contribution in [1.29, 1.82) is 0 Å². The van der Waals surface area contributed by atoms with Gasteiger partial charge in [0.1, 0.15) is 5.82 Å². The van der Waals surface area contributed by atoms with Gasteiger partial charge in [-0.2, -0.15) is 5.10 Å². The molecule has 0 radical (unpaired) electrons. The molecule has 6 nitrogen and oxygen atoms in total. The van der Waals surface area contributed by atoms with Crippen molar-refractivity contribution < 1.29 is 4.79 Å². The van der Waals surface area contributed by atoms with Crippen LogP contribution in [-0.4, -0.2) is 20.7 Å². The van der Waals surface area contributed by atoms with E-state index in [4.69, 9.17) is 5.73 Å². The summed E-state index contributed by atoms with van der Waals surface area (Å²) >= 11 is 0. The van der Waals surface area contributed by atoms with Crippen molar-refractivity contribution in [2.24, 2.45) is 0 Å². The van der Waals surface area contributed by atoms with Gasteiger partial charge in [-0.25, -0.2) is 4.98 Å². The summed E-state index contributed by atoms with van der Waals surface area (Å²) in [5, 5.41) is 6.84. The molecule has 6 heteroatoms. The molecule has 94 valence electrons. The highest BCUT2D eigenvalue weighted by molar-refractivity contribution is 6.04. The van der Waals surface area contributed by atoms with Crippen LogP contribution < -0.4 is 11.1 Å². The quantitative estimate of drug-likeness (QED) is 0.856. The summed E-state index contributed by atoms with van der Waals surface area (Å²) in [4.78, 5) is 16.0. The number of hydrogen-bond acceptors (Lipinski definition) is 4. The maximum atomic E-state index is 12.0. The molecule has 2 aromatic heterocycles. The number of nitrogen functional groups attached to an aromatic ring is 1. The highest BCUT2D eigenvalue weighted by Gasteiger charge is 2.09. The third-order valence-corrected chi connectivity index (χ3v) is 2.45. The number of hydrogen-bond donors (Lipinski definition) is 2. The minimum Gasteiger partial charge on any atom is -0.384 e. The first kappa shape index (κ1) is 12.1. The molecule has 0 saturated heterocycles. The maximum Gasteiger partial charge on any atom is 0.255 e. The smallest absolute Gasteiger partial charge is 0.255 e. The zero-order valence-corrected chi connectivity index (χ0v) is 10.3. The predicted octanol–water partition coefficient (Wildman–Crippen LogP) is 1.44. The predicted molar refractivity (Wildman–Crippen MR) is 69.2 cm³/mol. The number of nitrogens with zero attached hydrogens (tertiary/aromatic N) is 3. The topological polar surface area (TPSA) is 85.8 Å². The van der Waals surface area contributed by atoms with Gasteiger partial charge in [-0.15, -0.1) is 0 Å². The Kier molecular flexibility index (Phi) is 3.27. The Morgan fingerprint density at radius 1 is 1.50 bits per heavy atom. The number of pyridine rings is 1. The number of aryl methyl sites for hydroxylation is 2. The molecule has 18 heavy (non-hydrogen) atoms. The van der Waals surface area contributed by atoms with Crippen molar-refractivity contribution in [2.75, 3.05) is 11.1 Å². The molecule has 2 rings (SSSR count). The van der Waals surface area contributed by atoms with Gasteiger partial charge in [0.15, 0.2) is 0 Å². The molecule has 0 aliphatic heterocycles. The first-order valence-electron chi connectivity index (χ1n) is 5.66. The van der Waals surface area contributed by atoms with Gasteiger partial charge in [-0.05, 0) is 26.0 Å². The van der Waals surface area contributed by atoms with E-state index in [-0.39, 0.29) is 5.91 Å². The first-order valence-corrected chi connectivity index (χ1v) is 5.66. The Morgan fingerprint density at radius 3 is 2.89 bits per heavy atom. The molecule has 2 aromatic rings. The van der Waals surface area contributed by atoms with Crippen molar-refractivity contribution in [2.45, 2.75) is 20.4 Å². The van der Waals surface area contributed by atoms with E-state index in [0.717, 1.165) is 6.54 Å². The zero-order chi connectivity index (χ0) is 13.1. The fourth-order valence-corrected chi connectivity index (χ4v) is 1.63. The number of aromatic nitrogens is 3. The Hall–Kier alpha value is -2.37. The number of nitrogens with one attached hydrogen (secondary N) is 1. The Bertz CT molecular complexity index is 555. The number of amides is 1. The average Bonchev–Trinajstić information content (AvgIpc) is 2.75. The van der Waals surface area contributed by atoms with Gasteiger partial charge in [-0.1, -0.05) is 0 Å². The maximum absolute atomic E-state index is 12.0. The van der Waals surface area contributed by atoms with Gasteiger partial charge >= 0.3 is 0 Å². The third-order valence-electron chi connectivity index (χ3n) is 2.45. The molecule has 1 amide bonds. The van der Waals surface area contributed by atoms with E-state index in [1.54, 1.807) is 36.1 Å². The molecule has 2 heterocycles. The molecule has 0 aliphatic rings. The number of rotatable bonds is 3.